The Labute approximate surface area is 206 Å². The average molecular weight is 523 g/mol. The van der Waals surface area contributed by atoms with Crippen molar-refractivity contribution in [3.8, 4) is 16.9 Å². The molecule has 1 heterocycles. The highest BCUT2D eigenvalue weighted by atomic mass is 35.5. The highest BCUT2D eigenvalue weighted by Gasteiger charge is 2.39. The predicted octanol–water partition coefficient (Wildman–Crippen LogP) is 6.44. The summed E-state index contributed by atoms with van der Waals surface area (Å²) in [5, 5.41) is 0.252. The number of nitrogens with zero attached hydrogens (tertiary/aromatic N) is 2. The molecular weight excluding hydrogens is 501 g/mol. The van der Waals surface area contributed by atoms with Crippen molar-refractivity contribution in [2.45, 2.75) is 30.5 Å². The highest BCUT2D eigenvalue weighted by Crippen LogP contribution is 2.42. The number of sulfonamides is 1. The zero-order valence-corrected chi connectivity index (χ0v) is 20.7. The zero-order valence-electron chi connectivity index (χ0n) is 19.1. The fourth-order valence-corrected chi connectivity index (χ4v) is 5.79. The number of hydrogen-bond acceptors (Lipinski definition) is 4. The maximum Gasteiger partial charge on any atom is 0.416 e. The topological polar surface area (TPSA) is 59.0 Å². The van der Waals surface area contributed by atoms with E-state index in [0.29, 0.717) is 28.1 Å². The van der Waals surface area contributed by atoms with E-state index in [1.807, 2.05) is 0 Å². The van der Waals surface area contributed by atoms with Crippen LogP contribution < -0.4 is 9.04 Å². The summed E-state index contributed by atoms with van der Waals surface area (Å²) in [6.07, 6.45) is -2.89. The van der Waals surface area contributed by atoms with E-state index in [2.05, 4.69) is 4.99 Å². The molecule has 0 aliphatic carbocycles. The minimum absolute atomic E-state index is 0.0196. The van der Waals surface area contributed by atoms with Gasteiger partial charge < -0.3 is 4.74 Å². The van der Waals surface area contributed by atoms with Crippen LogP contribution in [0.5, 0.6) is 5.75 Å². The SMILES string of the molecule is CN=Cc1ccc(S(=O)(=O)N2CC(C)(C)Oc3cc(-c4ccc(C(F)(F)F)cc4)ccc32)cc1Cl. The summed E-state index contributed by atoms with van der Waals surface area (Å²) in [5.41, 5.74) is 0.453. The maximum atomic E-state index is 13.6. The van der Waals surface area contributed by atoms with Gasteiger partial charge in [0.15, 0.2) is 0 Å². The normalized spacial score (nSPS) is 15.7. The number of hydrogen-bond donors (Lipinski definition) is 0. The van der Waals surface area contributed by atoms with Gasteiger partial charge in [0.1, 0.15) is 11.4 Å². The molecule has 10 heteroatoms. The Morgan fingerprint density at radius 2 is 1.69 bits per heavy atom. The smallest absolute Gasteiger partial charge is 0.416 e. The number of aliphatic imine (C=N–C) groups is 1. The first-order valence-corrected chi connectivity index (χ1v) is 12.4. The Morgan fingerprint density at radius 1 is 1.03 bits per heavy atom. The van der Waals surface area contributed by atoms with Crippen molar-refractivity contribution in [2.24, 2.45) is 4.99 Å². The van der Waals surface area contributed by atoms with Crippen LogP contribution in [0.1, 0.15) is 25.0 Å². The molecule has 184 valence electrons. The molecule has 35 heavy (non-hydrogen) atoms. The van der Waals surface area contributed by atoms with Gasteiger partial charge in [-0.15, -0.1) is 0 Å². The van der Waals surface area contributed by atoms with Gasteiger partial charge in [-0.25, -0.2) is 8.42 Å². The van der Waals surface area contributed by atoms with Crippen LogP contribution in [0, 0.1) is 0 Å². The third-order valence-electron chi connectivity index (χ3n) is 5.51. The number of alkyl halides is 3. The van der Waals surface area contributed by atoms with E-state index in [0.717, 1.165) is 12.1 Å². The molecule has 0 spiro atoms. The summed E-state index contributed by atoms with van der Waals surface area (Å²) in [4.78, 5) is 3.93. The van der Waals surface area contributed by atoms with E-state index in [9.17, 15) is 21.6 Å². The lowest BCUT2D eigenvalue weighted by molar-refractivity contribution is -0.137. The van der Waals surface area contributed by atoms with Crippen molar-refractivity contribution in [3.05, 3.63) is 76.8 Å². The number of benzene rings is 3. The van der Waals surface area contributed by atoms with Crippen molar-refractivity contribution >= 4 is 33.5 Å². The lowest BCUT2D eigenvalue weighted by Crippen LogP contribution is -2.49. The number of rotatable bonds is 4. The van der Waals surface area contributed by atoms with Gasteiger partial charge in [-0.3, -0.25) is 9.30 Å². The summed E-state index contributed by atoms with van der Waals surface area (Å²) < 4.78 is 73.3. The second-order valence-corrected chi connectivity index (χ2v) is 11.0. The van der Waals surface area contributed by atoms with Gasteiger partial charge >= 0.3 is 6.18 Å². The lowest BCUT2D eigenvalue weighted by Gasteiger charge is -2.40. The molecule has 0 aromatic heterocycles. The second kappa shape index (κ2) is 8.87. The first-order chi connectivity index (χ1) is 16.3. The summed E-state index contributed by atoms with van der Waals surface area (Å²) in [5.74, 6) is 0.308. The molecule has 5 nitrogen and oxygen atoms in total. The van der Waals surface area contributed by atoms with Gasteiger partial charge in [0, 0.05) is 18.8 Å². The third kappa shape index (κ3) is 5.01. The zero-order chi connectivity index (χ0) is 25.6. The van der Waals surface area contributed by atoms with E-state index in [-0.39, 0.29) is 16.5 Å². The largest absolute Gasteiger partial charge is 0.484 e. The van der Waals surface area contributed by atoms with Crippen LogP contribution >= 0.6 is 11.6 Å². The van der Waals surface area contributed by atoms with E-state index < -0.39 is 27.4 Å². The minimum Gasteiger partial charge on any atom is -0.484 e. The number of ether oxygens (including phenoxy) is 1. The van der Waals surface area contributed by atoms with Gasteiger partial charge in [0.05, 0.1) is 27.7 Å². The Bertz CT molecular complexity index is 1400. The quantitative estimate of drug-likeness (QED) is 0.370. The van der Waals surface area contributed by atoms with Crippen molar-refractivity contribution in [1.29, 1.82) is 0 Å². The summed E-state index contributed by atoms with van der Waals surface area (Å²) in [6.45, 7) is 3.58. The summed E-state index contributed by atoms with van der Waals surface area (Å²) >= 11 is 6.27. The molecule has 3 aromatic carbocycles. The number of fused-ring (bicyclic) bond motifs is 1. The Kier molecular flexibility index (Phi) is 6.36. The van der Waals surface area contributed by atoms with Crippen molar-refractivity contribution < 1.29 is 26.3 Å². The number of halogens is 4. The van der Waals surface area contributed by atoms with Crippen LogP contribution in [0.25, 0.3) is 11.1 Å². The van der Waals surface area contributed by atoms with Crippen LogP contribution in [0.3, 0.4) is 0 Å². The molecule has 0 amide bonds. The molecule has 0 saturated heterocycles. The summed E-state index contributed by atoms with van der Waals surface area (Å²) in [6, 6.07) is 14.1. The third-order valence-corrected chi connectivity index (χ3v) is 7.60. The predicted molar refractivity (Wildman–Crippen MR) is 131 cm³/mol. The molecule has 0 N–H and O–H groups in total. The lowest BCUT2D eigenvalue weighted by atomic mass is 10.0. The van der Waals surface area contributed by atoms with E-state index >= 15 is 0 Å². The average Bonchev–Trinajstić information content (AvgIpc) is 2.78. The molecule has 0 radical (unpaired) electrons. The van der Waals surface area contributed by atoms with E-state index in [1.54, 1.807) is 45.2 Å². The fraction of sp³-hybridized carbons (Fsp3) is 0.240. The van der Waals surface area contributed by atoms with Gasteiger partial charge in [-0.2, -0.15) is 13.2 Å². The van der Waals surface area contributed by atoms with Crippen molar-refractivity contribution in [2.75, 3.05) is 17.9 Å². The highest BCUT2D eigenvalue weighted by molar-refractivity contribution is 7.92. The first kappa shape index (κ1) is 25.1. The molecule has 0 atom stereocenters. The fourth-order valence-electron chi connectivity index (χ4n) is 3.85. The molecule has 0 unspecified atom stereocenters. The molecule has 0 fully saturated rings. The van der Waals surface area contributed by atoms with Crippen LogP contribution in [0.2, 0.25) is 5.02 Å². The van der Waals surface area contributed by atoms with Gasteiger partial charge in [0.2, 0.25) is 0 Å². The van der Waals surface area contributed by atoms with Crippen LogP contribution in [0.15, 0.2) is 70.6 Å². The molecule has 0 saturated carbocycles. The van der Waals surface area contributed by atoms with E-state index in [1.165, 1.54) is 34.8 Å². The van der Waals surface area contributed by atoms with E-state index in [4.69, 9.17) is 16.3 Å². The molecular formula is C25H22ClF3N2O3S. The minimum atomic E-state index is -4.43. The molecule has 4 rings (SSSR count). The van der Waals surface area contributed by atoms with Crippen LogP contribution in [-0.2, 0) is 16.2 Å². The van der Waals surface area contributed by atoms with Gasteiger partial charge in [0.25, 0.3) is 10.0 Å². The molecule has 1 aliphatic rings. The standard InChI is InChI=1S/C25H22ClF3N2O3S/c1-24(2)15-31(35(32,33)20-10-6-18(14-30-3)21(26)13-20)22-11-7-17(12-23(22)34-24)16-4-8-19(9-5-16)25(27,28)29/h4-14H,15H2,1-3H3. The monoisotopic (exact) mass is 522 g/mol. The van der Waals surface area contributed by atoms with Crippen LogP contribution in [-0.4, -0.2) is 33.8 Å². The molecule has 0 bridgehead atoms. The Balaban J connectivity index is 1.75. The second-order valence-electron chi connectivity index (χ2n) is 8.70. The van der Waals surface area contributed by atoms with Crippen LogP contribution in [0.4, 0.5) is 18.9 Å². The van der Waals surface area contributed by atoms with Gasteiger partial charge in [-0.05, 0) is 61.4 Å². The number of anilines is 1. The van der Waals surface area contributed by atoms with Gasteiger partial charge in [-0.1, -0.05) is 35.9 Å². The molecule has 3 aromatic rings. The van der Waals surface area contributed by atoms with Crippen molar-refractivity contribution in [3.63, 3.8) is 0 Å². The summed E-state index contributed by atoms with van der Waals surface area (Å²) in [7, 11) is -2.41. The maximum absolute atomic E-state index is 13.6. The Morgan fingerprint density at radius 3 is 2.29 bits per heavy atom. The Hall–Kier alpha value is -3.04. The molecule has 1 aliphatic heterocycles. The first-order valence-electron chi connectivity index (χ1n) is 10.6. The van der Waals surface area contributed by atoms with Crippen molar-refractivity contribution in [1.82, 2.24) is 0 Å².